The fourth-order valence-corrected chi connectivity index (χ4v) is 5.99. The van der Waals surface area contributed by atoms with E-state index < -0.39 is 0 Å². The minimum absolute atomic E-state index is 0.0239. The molecule has 2 saturated heterocycles. The summed E-state index contributed by atoms with van der Waals surface area (Å²) in [5, 5.41) is 38.2. The van der Waals surface area contributed by atoms with Crippen molar-refractivity contribution in [3.05, 3.63) is 0 Å². The first-order valence-electron chi connectivity index (χ1n) is 11.2. The number of hydrogen-bond acceptors (Lipinski definition) is 6. The average molecular weight is 417 g/mol. The normalized spacial score (nSPS) is 28.4. The molecule has 1 atom stereocenters. The first kappa shape index (κ1) is 26.8. The summed E-state index contributed by atoms with van der Waals surface area (Å²) in [7, 11) is 0. The SMILES string of the molecule is CC(O)CN1C(C)(C)CC(O)CC1(C)C.CC1(C)CC(O)CC(C)(C)N1CCO. The molecule has 0 aliphatic carbocycles. The van der Waals surface area contributed by atoms with Crippen LogP contribution in [0.1, 0.15) is 88.0 Å². The largest absolute Gasteiger partial charge is 0.395 e. The molecule has 0 bridgehead atoms. The molecule has 174 valence electrons. The summed E-state index contributed by atoms with van der Waals surface area (Å²) in [6.45, 7) is 20.4. The van der Waals surface area contributed by atoms with Crippen LogP contribution in [0.2, 0.25) is 0 Å². The predicted molar refractivity (Wildman–Crippen MR) is 119 cm³/mol. The van der Waals surface area contributed by atoms with Crippen LogP contribution >= 0.6 is 0 Å². The number of β-amino-alcohol motifs (C(OH)–C–C–N with tert-alkyl or cyclic N) is 2. The van der Waals surface area contributed by atoms with Gasteiger partial charge < -0.3 is 20.4 Å². The topological polar surface area (TPSA) is 87.4 Å². The van der Waals surface area contributed by atoms with Gasteiger partial charge in [-0.1, -0.05) is 0 Å². The average Bonchev–Trinajstić information content (AvgIpc) is 2.45. The number of likely N-dealkylation sites (tertiary alicyclic amines) is 2. The molecule has 0 aromatic heterocycles. The fraction of sp³-hybridized carbons (Fsp3) is 1.00. The van der Waals surface area contributed by atoms with Crippen LogP contribution in [0.4, 0.5) is 0 Å². The maximum Gasteiger partial charge on any atom is 0.0639 e. The lowest BCUT2D eigenvalue weighted by Crippen LogP contribution is -2.63. The van der Waals surface area contributed by atoms with Crippen molar-refractivity contribution < 1.29 is 20.4 Å². The van der Waals surface area contributed by atoms with Gasteiger partial charge in [0.05, 0.1) is 24.9 Å². The number of piperidine rings is 2. The van der Waals surface area contributed by atoms with Crippen molar-refractivity contribution in [3.8, 4) is 0 Å². The number of aliphatic hydroxyl groups excluding tert-OH is 4. The van der Waals surface area contributed by atoms with E-state index in [-0.39, 0.29) is 47.1 Å². The van der Waals surface area contributed by atoms with Crippen LogP contribution in [0, 0.1) is 0 Å². The Balaban J connectivity index is 0.000000291. The molecule has 1 unspecified atom stereocenters. The monoisotopic (exact) mass is 416 g/mol. The van der Waals surface area contributed by atoms with E-state index in [1.807, 2.05) is 6.92 Å². The summed E-state index contributed by atoms with van der Waals surface area (Å²) >= 11 is 0. The van der Waals surface area contributed by atoms with Crippen molar-refractivity contribution in [2.75, 3.05) is 19.7 Å². The van der Waals surface area contributed by atoms with E-state index in [2.05, 4.69) is 65.2 Å². The highest BCUT2D eigenvalue weighted by molar-refractivity contribution is 5.01. The van der Waals surface area contributed by atoms with Crippen molar-refractivity contribution in [2.45, 2.75) is 128 Å². The molecule has 2 aliphatic rings. The first-order valence-corrected chi connectivity index (χ1v) is 11.2. The smallest absolute Gasteiger partial charge is 0.0639 e. The van der Waals surface area contributed by atoms with E-state index in [9.17, 15) is 15.3 Å². The van der Waals surface area contributed by atoms with E-state index in [1.54, 1.807) is 0 Å². The fourth-order valence-electron chi connectivity index (χ4n) is 5.99. The second kappa shape index (κ2) is 9.49. The maximum absolute atomic E-state index is 9.84. The van der Waals surface area contributed by atoms with Crippen LogP contribution in [-0.2, 0) is 0 Å². The Morgan fingerprint density at radius 3 is 1.31 bits per heavy atom. The Hall–Kier alpha value is -0.240. The molecule has 2 aliphatic heterocycles. The van der Waals surface area contributed by atoms with Crippen LogP contribution in [0.25, 0.3) is 0 Å². The zero-order chi connectivity index (χ0) is 22.8. The second-order valence-electron chi connectivity index (χ2n) is 11.7. The van der Waals surface area contributed by atoms with Gasteiger partial charge >= 0.3 is 0 Å². The summed E-state index contributed by atoms with van der Waals surface area (Å²) < 4.78 is 0. The van der Waals surface area contributed by atoms with Gasteiger partial charge in [0, 0.05) is 35.2 Å². The molecule has 2 rings (SSSR count). The van der Waals surface area contributed by atoms with Crippen molar-refractivity contribution in [1.29, 1.82) is 0 Å². The number of rotatable bonds is 4. The molecular formula is C23H48N2O4. The zero-order valence-corrected chi connectivity index (χ0v) is 20.4. The van der Waals surface area contributed by atoms with Crippen LogP contribution in [0.5, 0.6) is 0 Å². The summed E-state index contributed by atoms with van der Waals surface area (Å²) in [6.07, 6.45) is 2.38. The molecule has 6 nitrogen and oxygen atoms in total. The van der Waals surface area contributed by atoms with Crippen molar-refractivity contribution in [3.63, 3.8) is 0 Å². The molecular weight excluding hydrogens is 368 g/mol. The highest BCUT2D eigenvalue weighted by atomic mass is 16.3. The highest BCUT2D eigenvalue weighted by Crippen LogP contribution is 2.39. The van der Waals surface area contributed by atoms with Gasteiger partial charge in [-0.25, -0.2) is 0 Å². The Bertz CT molecular complexity index is 481. The quantitative estimate of drug-likeness (QED) is 0.563. The van der Waals surface area contributed by atoms with Crippen LogP contribution in [-0.4, -0.2) is 90.4 Å². The molecule has 0 amide bonds. The van der Waals surface area contributed by atoms with Crippen molar-refractivity contribution in [2.24, 2.45) is 0 Å². The minimum Gasteiger partial charge on any atom is -0.395 e. The van der Waals surface area contributed by atoms with E-state index in [0.717, 1.165) is 25.7 Å². The summed E-state index contributed by atoms with van der Waals surface area (Å²) in [6, 6.07) is 0. The molecule has 0 aromatic carbocycles. The maximum atomic E-state index is 9.84. The van der Waals surface area contributed by atoms with Gasteiger partial charge in [0.25, 0.3) is 0 Å². The summed E-state index contributed by atoms with van der Waals surface area (Å²) in [4.78, 5) is 4.62. The third-order valence-electron chi connectivity index (χ3n) is 6.63. The Labute approximate surface area is 178 Å². The van der Waals surface area contributed by atoms with Crippen molar-refractivity contribution in [1.82, 2.24) is 9.80 Å². The lowest BCUT2D eigenvalue weighted by Gasteiger charge is -2.54. The zero-order valence-electron chi connectivity index (χ0n) is 20.4. The van der Waals surface area contributed by atoms with E-state index >= 15 is 0 Å². The molecule has 0 saturated carbocycles. The van der Waals surface area contributed by atoms with Crippen LogP contribution < -0.4 is 0 Å². The van der Waals surface area contributed by atoms with Gasteiger partial charge in [-0.15, -0.1) is 0 Å². The van der Waals surface area contributed by atoms with Gasteiger partial charge in [0.1, 0.15) is 0 Å². The Morgan fingerprint density at radius 2 is 1.03 bits per heavy atom. The number of nitrogens with zero attached hydrogens (tertiary/aromatic N) is 2. The summed E-state index contributed by atoms with van der Waals surface area (Å²) in [5.41, 5.74) is -0.135. The first-order chi connectivity index (χ1) is 12.9. The molecule has 6 heteroatoms. The van der Waals surface area contributed by atoms with E-state index in [0.29, 0.717) is 13.1 Å². The molecule has 0 spiro atoms. The van der Waals surface area contributed by atoms with Crippen molar-refractivity contribution >= 4 is 0 Å². The van der Waals surface area contributed by atoms with E-state index in [4.69, 9.17) is 5.11 Å². The minimum atomic E-state index is -0.321. The number of aliphatic hydroxyl groups is 4. The van der Waals surface area contributed by atoms with Gasteiger partial charge in [0.2, 0.25) is 0 Å². The third-order valence-corrected chi connectivity index (χ3v) is 6.63. The second-order valence-corrected chi connectivity index (χ2v) is 11.7. The van der Waals surface area contributed by atoms with Gasteiger partial charge in [0.15, 0.2) is 0 Å². The Kier molecular flexibility index (Phi) is 8.77. The highest BCUT2D eigenvalue weighted by Gasteiger charge is 2.45. The molecule has 0 radical (unpaired) electrons. The number of hydrogen-bond donors (Lipinski definition) is 4. The molecule has 4 N–H and O–H groups in total. The lowest BCUT2D eigenvalue weighted by atomic mass is 9.78. The summed E-state index contributed by atoms with van der Waals surface area (Å²) in [5.74, 6) is 0. The van der Waals surface area contributed by atoms with Gasteiger partial charge in [-0.3, -0.25) is 9.80 Å². The van der Waals surface area contributed by atoms with Crippen LogP contribution in [0.15, 0.2) is 0 Å². The molecule has 0 aromatic rings. The van der Waals surface area contributed by atoms with E-state index in [1.165, 1.54) is 0 Å². The van der Waals surface area contributed by atoms with Gasteiger partial charge in [-0.2, -0.15) is 0 Å². The predicted octanol–water partition coefficient (Wildman–Crippen LogP) is 2.37. The van der Waals surface area contributed by atoms with Gasteiger partial charge in [-0.05, 0) is 88.0 Å². The Morgan fingerprint density at radius 1 is 0.724 bits per heavy atom. The van der Waals surface area contributed by atoms with Crippen LogP contribution in [0.3, 0.4) is 0 Å². The lowest BCUT2D eigenvalue weighted by molar-refractivity contribution is -0.0947. The molecule has 2 fully saturated rings. The third kappa shape index (κ3) is 7.15. The standard InChI is InChI=1S/C12H25NO2.C11H23NO2/c1-9(14)8-13-11(2,3)6-10(15)7-12(13,4)5;1-10(2)7-9(14)8-11(3,4)12(10)5-6-13/h9-10,14-15H,6-8H2,1-5H3;9,13-14H,5-8H2,1-4H3. The molecule has 29 heavy (non-hydrogen) atoms. The molecule has 2 heterocycles.